The van der Waals surface area contributed by atoms with Gasteiger partial charge in [-0.2, -0.15) is 0 Å². The van der Waals surface area contributed by atoms with Crippen molar-refractivity contribution in [1.29, 1.82) is 0 Å². The number of ether oxygens (including phenoxy) is 2. The molecule has 25 heavy (non-hydrogen) atoms. The summed E-state index contributed by atoms with van der Waals surface area (Å²) in [5.74, 6) is 1.02. The molecule has 0 radical (unpaired) electrons. The summed E-state index contributed by atoms with van der Waals surface area (Å²) in [6.07, 6.45) is 0. The number of benzene rings is 2. The molecule has 2 aromatic rings. The number of hydrogen-bond donors (Lipinski definition) is 1. The van der Waals surface area contributed by atoms with Crippen LogP contribution in [0.15, 0.2) is 42.5 Å². The van der Waals surface area contributed by atoms with Gasteiger partial charge >= 0.3 is 0 Å². The van der Waals surface area contributed by atoms with E-state index in [1.165, 1.54) is 5.56 Å². The summed E-state index contributed by atoms with van der Waals surface area (Å²) in [6.45, 7) is 8.53. The summed E-state index contributed by atoms with van der Waals surface area (Å²) in [7, 11) is 3.13. The molecule has 0 fully saturated rings. The molecule has 1 amide bonds. The van der Waals surface area contributed by atoms with Crippen LogP contribution in [0.5, 0.6) is 11.5 Å². The minimum absolute atomic E-state index is 0.0984. The monoisotopic (exact) mass is 341 g/mol. The van der Waals surface area contributed by atoms with Crippen molar-refractivity contribution in [3.63, 3.8) is 0 Å². The summed E-state index contributed by atoms with van der Waals surface area (Å²) in [5.41, 5.74) is 2.96. The van der Waals surface area contributed by atoms with Gasteiger partial charge in [0.25, 0.3) is 5.91 Å². The first-order chi connectivity index (χ1) is 11.7. The minimum atomic E-state index is -0.162. The lowest BCUT2D eigenvalue weighted by molar-refractivity contribution is 0.0939. The lowest BCUT2D eigenvalue weighted by Crippen LogP contribution is -2.26. The van der Waals surface area contributed by atoms with Crippen LogP contribution in [0, 0.1) is 0 Å². The molecule has 0 saturated carbocycles. The van der Waals surface area contributed by atoms with E-state index in [4.69, 9.17) is 9.47 Å². The maximum atomic E-state index is 12.6. The quantitative estimate of drug-likeness (QED) is 0.871. The summed E-state index contributed by atoms with van der Waals surface area (Å²) in [5, 5.41) is 3.02. The molecule has 1 atom stereocenters. The van der Waals surface area contributed by atoms with Crippen LogP contribution in [0.3, 0.4) is 0 Å². The molecule has 0 saturated heterocycles. The third kappa shape index (κ3) is 4.75. The highest BCUT2D eigenvalue weighted by molar-refractivity contribution is 5.95. The van der Waals surface area contributed by atoms with Gasteiger partial charge < -0.3 is 14.8 Å². The maximum absolute atomic E-state index is 12.6. The third-order valence-corrected chi connectivity index (χ3v) is 4.24. The summed E-state index contributed by atoms with van der Waals surface area (Å²) in [4.78, 5) is 12.6. The summed E-state index contributed by atoms with van der Waals surface area (Å²) >= 11 is 0. The van der Waals surface area contributed by atoms with Crippen LogP contribution < -0.4 is 14.8 Å². The van der Waals surface area contributed by atoms with Crippen LogP contribution >= 0.6 is 0 Å². The van der Waals surface area contributed by atoms with E-state index in [0.717, 1.165) is 5.56 Å². The van der Waals surface area contributed by atoms with Crippen molar-refractivity contribution in [3.05, 3.63) is 59.2 Å². The van der Waals surface area contributed by atoms with Gasteiger partial charge in [-0.25, -0.2) is 0 Å². The Morgan fingerprint density at radius 2 is 1.48 bits per heavy atom. The van der Waals surface area contributed by atoms with Crippen molar-refractivity contribution in [2.45, 2.75) is 39.2 Å². The van der Waals surface area contributed by atoms with E-state index in [1.54, 1.807) is 32.4 Å². The Bertz CT molecular complexity index is 708. The highest BCUT2D eigenvalue weighted by atomic mass is 16.5. The van der Waals surface area contributed by atoms with Gasteiger partial charge in [-0.05, 0) is 35.6 Å². The number of amides is 1. The van der Waals surface area contributed by atoms with Crippen molar-refractivity contribution >= 4 is 5.91 Å². The Morgan fingerprint density at radius 3 is 1.92 bits per heavy atom. The second-order valence-electron chi connectivity index (χ2n) is 7.17. The lowest BCUT2D eigenvalue weighted by atomic mass is 9.86. The number of nitrogens with one attached hydrogen (secondary N) is 1. The molecule has 4 heteroatoms. The van der Waals surface area contributed by atoms with E-state index >= 15 is 0 Å². The molecule has 0 aliphatic carbocycles. The Hall–Kier alpha value is -2.49. The summed E-state index contributed by atoms with van der Waals surface area (Å²) in [6, 6.07) is 13.4. The first-order valence-electron chi connectivity index (χ1n) is 8.39. The van der Waals surface area contributed by atoms with Crippen LogP contribution in [0.2, 0.25) is 0 Å². The molecule has 2 aromatic carbocycles. The van der Waals surface area contributed by atoms with Gasteiger partial charge in [-0.1, -0.05) is 45.0 Å². The van der Waals surface area contributed by atoms with E-state index in [-0.39, 0.29) is 17.4 Å². The van der Waals surface area contributed by atoms with Gasteiger partial charge in [0, 0.05) is 11.6 Å². The maximum Gasteiger partial charge on any atom is 0.252 e. The Balaban J connectivity index is 2.14. The smallest absolute Gasteiger partial charge is 0.252 e. The van der Waals surface area contributed by atoms with Gasteiger partial charge in [0.2, 0.25) is 0 Å². The van der Waals surface area contributed by atoms with Crippen molar-refractivity contribution in [1.82, 2.24) is 5.32 Å². The van der Waals surface area contributed by atoms with E-state index in [9.17, 15) is 4.79 Å². The van der Waals surface area contributed by atoms with E-state index < -0.39 is 0 Å². The average Bonchev–Trinajstić information content (AvgIpc) is 2.60. The topological polar surface area (TPSA) is 47.6 Å². The molecule has 0 aromatic heterocycles. The zero-order valence-corrected chi connectivity index (χ0v) is 15.8. The van der Waals surface area contributed by atoms with Gasteiger partial charge in [-0.15, -0.1) is 0 Å². The molecule has 134 valence electrons. The van der Waals surface area contributed by atoms with Crippen LogP contribution in [-0.2, 0) is 5.41 Å². The standard InChI is InChI=1S/C21H27NO3/c1-14(15-7-9-17(10-8-15)21(2,3)4)22-20(23)16-11-18(24-5)13-19(12-16)25-6/h7-14H,1-6H3,(H,22,23)/t14-/m1/s1. The van der Waals surface area contributed by atoms with Crippen LogP contribution in [0.25, 0.3) is 0 Å². The fourth-order valence-electron chi connectivity index (χ4n) is 2.57. The molecule has 1 N–H and O–H groups in total. The molecule has 0 bridgehead atoms. The average molecular weight is 341 g/mol. The molecule has 0 aliphatic heterocycles. The largest absolute Gasteiger partial charge is 0.497 e. The second kappa shape index (κ2) is 7.60. The molecule has 4 nitrogen and oxygen atoms in total. The number of carbonyl (C=O) groups excluding carboxylic acids is 1. The molecular formula is C21H27NO3. The second-order valence-corrected chi connectivity index (χ2v) is 7.17. The summed E-state index contributed by atoms with van der Waals surface area (Å²) < 4.78 is 10.4. The third-order valence-electron chi connectivity index (χ3n) is 4.24. The number of rotatable bonds is 5. The van der Waals surface area contributed by atoms with Crippen LogP contribution in [0.1, 0.15) is 55.2 Å². The Labute approximate surface area is 150 Å². The zero-order valence-electron chi connectivity index (χ0n) is 15.8. The first kappa shape index (κ1) is 18.8. The van der Waals surface area contributed by atoms with Gasteiger partial charge in [0.05, 0.1) is 20.3 Å². The normalized spacial score (nSPS) is 12.4. The molecule has 2 rings (SSSR count). The van der Waals surface area contributed by atoms with Crippen LogP contribution in [0.4, 0.5) is 0 Å². The molecular weight excluding hydrogens is 314 g/mol. The molecule has 0 heterocycles. The highest BCUT2D eigenvalue weighted by Gasteiger charge is 2.16. The zero-order chi connectivity index (χ0) is 18.6. The Kier molecular flexibility index (Phi) is 5.73. The van der Waals surface area contributed by atoms with Gasteiger partial charge in [0.15, 0.2) is 0 Å². The minimum Gasteiger partial charge on any atom is -0.497 e. The number of carbonyl (C=O) groups is 1. The fourth-order valence-corrected chi connectivity index (χ4v) is 2.57. The lowest BCUT2D eigenvalue weighted by Gasteiger charge is -2.21. The van der Waals surface area contributed by atoms with Crippen molar-refractivity contribution in [3.8, 4) is 11.5 Å². The van der Waals surface area contributed by atoms with Gasteiger partial charge in [-0.3, -0.25) is 4.79 Å². The molecule has 0 unspecified atom stereocenters. The number of hydrogen-bond acceptors (Lipinski definition) is 3. The SMILES string of the molecule is COc1cc(OC)cc(C(=O)N[C@H](C)c2ccc(C(C)(C)C)cc2)c1. The van der Waals surface area contributed by atoms with Crippen LogP contribution in [-0.4, -0.2) is 20.1 Å². The van der Waals surface area contributed by atoms with E-state index in [1.807, 2.05) is 6.92 Å². The number of methoxy groups -OCH3 is 2. The van der Waals surface area contributed by atoms with E-state index in [2.05, 4.69) is 50.4 Å². The molecule has 0 spiro atoms. The first-order valence-corrected chi connectivity index (χ1v) is 8.39. The van der Waals surface area contributed by atoms with Crippen molar-refractivity contribution < 1.29 is 14.3 Å². The van der Waals surface area contributed by atoms with Crippen molar-refractivity contribution in [2.75, 3.05) is 14.2 Å². The molecule has 0 aliphatic rings. The predicted molar refractivity (Wildman–Crippen MR) is 101 cm³/mol. The predicted octanol–water partition coefficient (Wildman–Crippen LogP) is 4.49. The van der Waals surface area contributed by atoms with Crippen molar-refractivity contribution in [2.24, 2.45) is 0 Å². The van der Waals surface area contributed by atoms with E-state index in [0.29, 0.717) is 17.1 Å². The highest BCUT2D eigenvalue weighted by Crippen LogP contribution is 2.25. The fraction of sp³-hybridized carbons (Fsp3) is 0.381. The Morgan fingerprint density at radius 1 is 0.960 bits per heavy atom. The van der Waals surface area contributed by atoms with Gasteiger partial charge in [0.1, 0.15) is 11.5 Å².